The molecule has 0 aliphatic rings. The van der Waals surface area contributed by atoms with Gasteiger partial charge in [0.1, 0.15) is 5.52 Å². The highest BCUT2D eigenvalue weighted by molar-refractivity contribution is 5.67. The van der Waals surface area contributed by atoms with E-state index in [4.69, 9.17) is 5.73 Å². The Morgan fingerprint density at radius 3 is 2.85 bits per heavy atom. The second-order valence-corrected chi connectivity index (χ2v) is 4.81. The summed E-state index contributed by atoms with van der Waals surface area (Å²) in [6.07, 6.45) is 4.54. The molecule has 20 heavy (non-hydrogen) atoms. The number of aromatic nitrogens is 3. The van der Waals surface area contributed by atoms with Crippen LogP contribution in [0.1, 0.15) is 11.3 Å². The first-order valence-electron chi connectivity index (χ1n) is 6.62. The Balaban J connectivity index is 1.69. The highest BCUT2D eigenvalue weighted by Gasteiger charge is 2.04. The molecule has 3 rings (SSSR count). The third-order valence-electron chi connectivity index (χ3n) is 3.20. The predicted octanol–water partition coefficient (Wildman–Crippen LogP) is 2.27. The van der Waals surface area contributed by atoms with E-state index in [1.54, 1.807) is 6.20 Å². The van der Waals surface area contributed by atoms with Gasteiger partial charge in [-0.2, -0.15) is 5.10 Å². The van der Waals surface area contributed by atoms with E-state index in [0.29, 0.717) is 0 Å². The summed E-state index contributed by atoms with van der Waals surface area (Å²) in [7, 11) is 0. The van der Waals surface area contributed by atoms with Crippen molar-refractivity contribution in [2.75, 3.05) is 17.6 Å². The Bertz CT molecular complexity index is 715. The lowest BCUT2D eigenvalue weighted by Gasteiger charge is -2.07. The molecule has 1 aromatic carbocycles. The molecule has 3 aromatic rings. The van der Waals surface area contributed by atoms with E-state index in [1.165, 1.54) is 5.56 Å². The number of aryl methyl sites for hydroxylation is 1. The van der Waals surface area contributed by atoms with Crippen molar-refractivity contribution in [2.45, 2.75) is 13.3 Å². The van der Waals surface area contributed by atoms with Crippen LogP contribution in [-0.2, 0) is 6.42 Å². The zero-order valence-corrected chi connectivity index (χ0v) is 11.4. The van der Waals surface area contributed by atoms with Crippen LogP contribution in [0.4, 0.5) is 11.5 Å². The van der Waals surface area contributed by atoms with E-state index >= 15 is 0 Å². The summed E-state index contributed by atoms with van der Waals surface area (Å²) in [6.45, 7) is 2.80. The number of fused-ring (bicyclic) bond motifs is 1. The first-order chi connectivity index (χ1) is 9.72. The maximum absolute atomic E-state index is 5.68. The summed E-state index contributed by atoms with van der Waals surface area (Å²) in [5.41, 5.74) is 9.71. The largest absolute Gasteiger partial charge is 0.399 e. The average molecular weight is 267 g/mol. The summed E-state index contributed by atoms with van der Waals surface area (Å²) in [5, 5.41) is 7.73. The number of benzene rings is 1. The molecule has 0 saturated heterocycles. The van der Waals surface area contributed by atoms with Crippen molar-refractivity contribution in [3.8, 4) is 0 Å². The van der Waals surface area contributed by atoms with Gasteiger partial charge in [-0.3, -0.25) is 0 Å². The quantitative estimate of drug-likeness (QED) is 0.712. The Hall–Kier alpha value is -2.56. The summed E-state index contributed by atoms with van der Waals surface area (Å²) in [6, 6.07) is 9.98. The number of hydrogen-bond donors (Lipinski definition) is 2. The highest BCUT2D eigenvalue weighted by Crippen LogP contribution is 2.14. The number of rotatable bonds is 4. The first kappa shape index (κ1) is 12.5. The smallest absolute Gasteiger partial charge is 0.152 e. The maximum Gasteiger partial charge on any atom is 0.152 e. The predicted molar refractivity (Wildman–Crippen MR) is 80.8 cm³/mol. The van der Waals surface area contributed by atoms with Crippen molar-refractivity contribution in [1.29, 1.82) is 0 Å². The van der Waals surface area contributed by atoms with Gasteiger partial charge in [0.15, 0.2) is 5.82 Å². The lowest BCUT2D eigenvalue weighted by Crippen LogP contribution is -2.07. The van der Waals surface area contributed by atoms with Crippen molar-refractivity contribution >= 4 is 17.0 Å². The standard InChI is InChI=1S/C15H17N5/c1-11-10-14-15(18-8-9-20(14)19-11)17-7-6-12-2-4-13(16)5-3-12/h2-5,8-10H,6-7,16H2,1H3,(H,17,18). The lowest BCUT2D eigenvalue weighted by atomic mass is 10.1. The van der Waals surface area contributed by atoms with Crippen LogP contribution in [0.2, 0.25) is 0 Å². The van der Waals surface area contributed by atoms with Crippen molar-refractivity contribution < 1.29 is 0 Å². The average Bonchev–Trinajstić information content (AvgIpc) is 2.82. The molecular formula is C15H17N5. The number of nitrogen functional groups attached to an aromatic ring is 1. The van der Waals surface area contributed by atoms with Crippen molar-refractivity contribution in [2.24, 2.45) is 0 Å². The molecule has 3 N–H and O–H groups in total. The third-order valence-corrected chi connectivity index (χ3v) is 3.20. The molecule has 102 valence electrons. The molecular weight excluding hydrogens is 250 g/mol. The first-order valence-corrected chi connectivity index (χ1v) is 6.62. The fraction of sp³-hybridized carbons (Fsp3) is 0.200. The Morgan fingerprint density at radius 2 is 2.05 bits per heavy atom. The molecule has 0 spiro atoms. The van der Waals surface area contributed by atoms with Crippen LogP contribution in [0.3, 0.4) is 0 Å². The second-order valence-electron chi connectivity index (χ2n) is 4.81. The zero-order chi connectivity index (χ0) is 13.9. The highest BCUT2D eigenvalue weighted by atomic mass is 15.2. The Morgan fingerprint density at radius 1 is 1.25 bits per heavy atom. The van der Waals surface area contributed by atoms with Gasteiger partial charge in [0.2, 0.25) is 0 Å². The van der Waals surface area contributed by atoms with Gasteiger partial charge in [0.25, 0.3) is 0 Å². The van der Waals surface area contributed by atoms with E-state index in [0.717, 1.165) is 35.7 Å². The van der Waals surface area contributed by atoms with Crippen LogP contribution >= 0.6 is 0 Å². The Kier molecular flexibility index (Phi) is 3.25. The number of nitrogens with zero attached hydrogens (tertiary/aromatic N) is 3. The number of hydrogen-bond acceptors (Lipinski definition) is 4. The van der Waals surface area contributed by atoms with Crippen LogP contribution in [0.5, 0.6) is 0 Å². The SMILES string of the molecule is Cc1cc2c(NCCc3ccc(N)cc3)nccn2n1. The molecule has 0 aliphatic heterocycles. The topological polar surface area (TPSA) is 68.2 Å². The van der Waals surface area contributed by atoms with Crippen molar-refractivity contribution in [3.05, 3.63) is 54.0 Å². The summed E-state index contributed by atoms with van der Waals surface area (Å²) >= 11 is 0. The minimum absolute atomic E-state index is 0.794. The van der Waals surface area contributed by atoms with Crippen LogP contribution in [-0.4, -0.2) is 21.1 Å². The van der Waals surface area contributed by atoms with Crippen LogP contribution in [0.25, 0.3) is 5.52 Å². The molecule has 0 atom stereocenters. The molecule has 0 radical (unpaired) electrons. The molecule has 0 saturated carbocycles. The maximum atomic E-state index is 5.68. The second kappa shape index (κ2) is 5.21. The van der Waals surface area contributed by atoms with E-state index in [2.05, 4.69) is 15.4 Å². The molecule has 0 fully saturated rings. The van der Waals surface area contributed by atoms with Gasteiger partial charge in [-0.1, -0.05) is 12.1 Å². The third kappa shape index (κ3) is 2.56. The monoisotopic (exact) mass is 267 g/mol. The van der Waals surface area contributed by atoms with E-state index in [9.17, 15) is 0 Å². The Labute approximate surface area is 117 Å². The minimum atomic E-state index is 0.794. The molecule has 0 amide bonds. The normalized spacial score (nSPS) is 10.8. The molecule has 0 unspecified atom stereocenters. The van der Waals surface area contributed by atoms with Crippen LogP contribution in [0.15, 0.2) is 42.7 Å². The van der Waals surface area contributed by atoms with Gasteiger partial charge >= 0.3 is 0 Å². The molecule has 5 heteroatoms. The minimum Gasteiger partial charge on any atom is -0.399 e. The number of anilines is 2. The fourth-order valence-corrected chi connectivity index (χ4v) is 2.19. The van der Waals surface area contributed by atoms with Crippen molar-refractivity contribution in [3.63, 3.8) is 0 Å². The van der Waals surface area contributed by atoms with E-state index < -0.39 is 0 Å². The summed E-state index contributed by atoms with van der Waals surface area (Å²) in [4.78, 5) is 4.37. The summed E-state index contributed by atoms with van der Waals surface area (Å²) in [5.74, 6) is 0.864. The number of nitrogens with two attached hydrogens (primary N) is 1. The summed E-state index contributed by atoms with van der Waals surface area (Å²) < 4.78 is 1.84. The van der Waals surface area contributed by atoms with Gasteiger partial charge < -0.3 is 11.1 Å². The van der Waals surface area contributed by atoms with Crippen molar-refractivity contribution in [1.82, 2.24) is 14.6 Å². The van der Waals surface area contributed by atoms with Gasteiger partial charge in [-0.05, 0) is 37.1 Å². The van der Waals surface area contributed by atoms with Gasteiger partial charge in [-0.15, -0.1) is 0 Å². The molecule has 2 heterocycles. The fourth-order valence-electron chi connectivity index (χ4n) is 2.19. The molecule has 5 nitrogen and oxygen atoms in total. The molecule has 2 aromatic heterocycles. The number of nitrogens with one attached hydrogen (secondary N) is 1. The van der Waals surface area contributed by atoms with Crippen LogP contribution < -0.4 is 11.1 Å². The molecule has 0 aliphatic carbocycles. The van der Waals surface area contributed by atoms with Gasteiger partial charge in [0.05, 0.1) is 5.69 Å². The van der Waals surface area contributed by atoms with E-state index in [-0.39, 0.29) is 0 Å². The zero-order valence-electron chi connectivity index (χ0n) is 11.4. The van der Waals surface area contributed by atoms with E-state index in [1.807, 2.05) is 48.0 Å². The lowest BCUT2D eigenvalue weighted by molar-refractivity contribution is 0.917. The van der Waals surface area contributed by atoms with Gasteiger partial charge in [-0.25, -0.2) is 9.50 Å². The van der Waals surface area contributed by atoms with Crippen LogP contribution in [0, 0.1) is 6.92 Å². The van der Waals surface area contributed by atoms with Gasteiger partial charge in [0, 0.05) is 24.6 Å². The molecule has 0 bridgehead atoms.